The molecule has 1 aliphatic heterocycles. The minimum absolute atomic E-state index is 0.133. The van der Waals surface area contributed by atoms with Crippen LogP contribution in [0.15, 0.2) is 59.5 Å². The normalized spacial score (nSPS) is 16.3. The summed E-state index contributed by atoms with van der Waals surface area (Å²) in [5.74, 6) is -0.567. The maximum absolute atomic E-state index is 12.8. The molecule has 2 aromatic rings. The predicted octanol–water partition coefficient (Wildman–Crippen LogP) is 1.99. The number of halogens is 1. The fourth-order valence-electron chi connectivity index (χ4n) is 3.13. The van der Waals surface area contributed by atoms with Crippen LogP contribution in [0.25, 0.3) is 0 Å². The van der Waals surface area contributed by atoms with Crippen molar-refractivity contribution in [2.75, 3.05) is 26.2 Å². The molecule has 2 amide bonds. The van der Waals surface area contributed by atoms with Gasteiger partial charge in [0.25, 0.3) is 5.91 Å². The van der Waals surface area contributed by atoms with Crippen molar-refractivity contribution < 1.29 is 18.0 Å². The first-order valence-corrected chi connectivity index (χ1v) is 11.0. The van der Waals surface area contributed by atoms with Crippen molar-refractivity contribution in [3.8, 4) is 0 Å². The van der Waals surface area contributed by atoms with Crippen LogP contribution in [0.4, 0.5) is 0 Å². The summed E-state index contributed by atoms with van der Waals surface area (Å²) in [6.07, 6.45) is 0. The molecule has 0 bridgehead atoms. The molecule has 29 heavy (non-hydrogen) atoms. The number of hydrogen-bond acceptors (Lipinski definition) is 4. The molecule has 1 atom stereocenters. The van der Waals surface area contributed by atoms with Crippen LogP contribution in [0.3, 0.4) is 0 Å². The second-order valence-corrected chi connectivity index (χ2v) is 9.12. The average Bonchev–Trinajstić information content (AvgIpc) is 2.74. The molecule has 3 rings (SSSR count). The van der Waals surface area contributed by atoms with E-state index < -0.39 is 16.1 Å². The molecule has 1 heterocycles. The number of nitrogens with one attached hydrogen (secondary N) is 1. The third kappa shape index (κ3) is 4.95. The van der Waals surface area contributed by atoms with Crippen molar-refractivity contribution in [3.05, 3.63) is 65.2 Å². The smallest absolute Gasteiger partial charge is 0.251 e. The van der Waals surface area contributed by atoms with Crippen molar-refractivity contribution in [2.45, 2.75) is 17.9 Å². The molecule has 154 valence electrons. The summed E-state index contributed by atoms with van der Waals surface area (Å²) in [6.45, 7) is 2.49. The maximum Gasteiger partial charge on any atom is 0.251 e. The lowest BCUT2D eigenvalue weighted by Gasteiger charge is -2.35. The minimum atomic E-state index is -3.67. The van der Waals surface area contributed by atoms with Gasteiger partial charge >= 0.3 is 0 Å². The van der Waals surface area contributed by atoms with Gasteiger partial charge in [0.2, 0.25) is 15.9 Å². The van der Waals surface area contributed by atoms with E-state index in [0.29, 0.717) is 10.6 Å². The number of carbonyl (C=O) groups excluding carboxylic acids is 2. The highest BCUT2D eigenvalue weighted by Crippen LogP contribution is 2.21. The fraction of sp³-hybridized carbons (Fsp3) is 0.300. The fourth-order valence-corrected chi connectivity index (χ4v) is 4.85. The van der Waals surface area contributed by atoms with Gasteiger partial charge in [0.05, 0.1) is 4.90 Å². The Kier molecular flexibility index (Phi) is 6.56. The SMILES string of the molecule is CC(NC(=O)c1ccccc1)C(=O)N1CCN(S(=O)(=O)c2cccc(Cl)c2)CC1. The zero-order valence-corrected chi connectivity index (χ0v) is 17.5. The lowest BCUT2D eigenvalue weighted by atomic mass is 10.2. The molecule has 0 aliphatic carbocycles. The highest BCUT2D eigenvalue weighted by molar-refractivity contribution is 7.89. The van der Waals surface area contributed by atoms with Gasteiger partial charge in [-0.2, -0.15) is 4.31 Å². The van der Waals surface area contributed by atoms with E-state index in [9.17, 15) is 18.0 Å². The van der Waals surface area contributed by atoms with E-state index in [4.69, 9.17) is 11.6 Å². The van der Waals surface area contributed by atoms with Crippen molar-refractivity contribution in [3.63, 3.8) is 0 Å². The van der Waals surface area contributed by atoms with E-state index in [1.54, 1.807) is 48.2 Å². The van der Waals surface area contributed by atoms with Gasteiger partial charge in [-0.15, -0.1) is 0 Å². The first-order valence-electron chi connectivity index (χ1n) is 9.19. The predicted molar refractivity (Wildman–Crippen MR) is 110 cm³/mol. The summed E-state index contributed by atoms with van der Waals surface area (Å²) >= 11 is 5.90. The van der Waals surface area contributed by atoms with Gasteiger partial charge in [-0.3, -0.25) is 9.59 Å². The second kappa shape index (κ2) is 8.94. The molecular formula is C20H22ClN3O4S. The van der Waals surface area contributed by atoms with Gasteiger partial charge in [-0.05, 0) is 37.3 Å². The molecule has 7 nitrogen and oxygen atoms in total. The van der Waals surface area contributed by atoms with Crippen LogP contribution in [0.5, 0.6) is 0 Å². The number of piperazine rings is 1. The Morgan fingerprint density at radius 3 is 2.28 bits per heavy atom. The van der Waals surface area contributed by atoms with Gasteiger partial charge in [0.15, 0.2) is 0 Å². The Bertz CT molecular complexity index is 990. The Hall–Kier alpha value is -2.42. The van der Waals surface area contributed by atoms with E-state index in [1.165, 1.54) is 16.4 Å². The monoisotopic (exact) mass is 435 g/mol. The summed E-state index contributed by atoms with van der Waals surface area (Å²) in [6, 6.07) is 14.1. The molecule has 0 saturated carbocycles. The first kappa shape index (κ1) is 21.3. The number of benzene rings is 2. The number of carbonyl (C=O) groups is 2. The number of nitrogens with zero attached hydrogens (tertiary/aromatic N) is 2. The Morgan fingerprint density at radius 1 is 1.00 bits per heavy atom. The zero-order chi connectivity index (χ0) is 21.0. The van der Waals surface area contributed by atoms with E-state index in [-0.39, 0.29) is 42.9 Å². The van der Waals surface area contributed by atoms with Crippen LogP contribution in [0, 0.1) is 0 Å². The Labute approximate surface area is 175 Å². The quantitative estimate of drug-likeness (QED) is 0.778. The topological polar surface area (TPSA) is 86.8 Å². The molecule has 1 saturated heterocycles. The summed E-state index contributed by atoms with van der Waals surface area (Å²) in [7, 11) is -3.67. The van der Waals surface area contributed by atoms with Crippen molar-refractivity contribution in [2.24, 2.45) is 0 Å². The molecule has 9 heteroatoms. The molecule has 1 unspecified atom stereocenters. The van der Waals surface area contributed by atoms with E-state index >= 15 is 0 Å². The average molecular weight is 436 g/mol. The second-order valence-electron chi connectivity index (χ2n) is 6.75. The van der Waals surface area contributed by atoms with Crippen LogP contribution in [0.1, 0.15) is 17.3 Å². The third-order valence-corrected chi connectivity index (χ3v) is 6.87. The summed E-state index contributed by atoms with van der Waals surface area (Å²) in [5.41, 5.74) is 0.476. The van der Waals surface area contributed by atoms with E-state index in [0.717, 1.165) is 0 Å². The number of hydrogen-bond donors (Lipinski definition) is 1. The van der Waals surface area contributed by atoms with Gasteiger partial charge in [0.1, 0.15) is 6.04 Å². The van der Waals surface area contributed by atoms with Crippen LogP contribution < -0.4 is 5.32 Å². The van der Waals surface area contributed by atoms with Crippen LogP contribution in [-0.2, 0) is 14.8 Å². The van der Waals surface area contributed by atoms with Gasteiger partial charge in [-0.1, -0.05) is 35.9 Å². The molecule has 1 aliphatic rings. The summed E-state index contributed by atoms with van der Waals surface area (Å²) < 4.78 is 26.9. The lowest BCUT2D eigenvalue weighted by molar-refractivity contribution is -0.134. The molecule has 1 fully saturated rings. The van der Waals surface area contributed by atoms with Crippen molar-refractivity contribution in [1.82, 2.24) is 14.5 Å². The molecular weight excluding hydrogens is 414 g/mol. The maximum atomic E-state index is 12.8. The molecule has 0 spiro atoms. The highest BCUT2D eigenvalue weighted by atomic mass is 35.5. The molecule has 0 radical (unpaired) electrons. The number of rotatable bonds is 5. The van der Waals surface area contributed by atoms with Gasteiger partial charge in [-0.25, -0.2) is 8.42 Å². The van der Waals surface area contributed by atoms with Gasteiger partial charge < -0.3 is 10.2 Å². The first-order chi connectivity index (χ1) is 13.8. The number of amides is 2. The third-order valence-electron chi connectivity index (χ3n) is 4.74. The van der Waals surface area contributed by atoms with Crippen LogP contribution in [0.2, 0.25) is 5.02 Å². The largest absolute Gasteiger partial charge is 0.341 e. The van der Waals surface area contributed by atoms with E-state index in [1.807, 2.05) is 6.07 Å². The van der Waals surface area contributed by atoms with Crippen molar-refractivity contribution in [1.29, 1.82) is 0 Å². The lowest BCUT2D eigenvalue weighted by Crippen LogP contribution is -2.55. The van der Waals surface area contributed by atoms with Crippen LogP contribution in [-0.4, -0.2) is 61.7 Å². The standard InChI is InChI=1S/C20H22ClN3O4S/c1-15(22-19(25)16-6-3-2-4-7-16)20(26)23-10-12-24(13-11-23)29(27,28)18-9-5-8-17(21)14-18/h2-9,14-15H,10-13H2,1H3,(H,22,25). The number of sulfonamides is 1. The van der Waals surface area contributed by atoms with Gasteiger partial charge in [0, 0.05) is 36.8 Å². The zero-order valence-electron chi connectivity index (χ0n) is 15.9. The summed E-state index contributed by atoms with van der Waals surface area (Å²) in [4.78, 5) is 26.6. The Morgan fingerprint density at radius 2 is 1.66 bits per heavy atom. The van der Waals surface area contributed by atoms with E-state index in [2.05, 4.69) is 5.32 Å². The Balaban J connectivity index is 1.58. The molecule has 1 N–H and O–H groups in total. The molecule has 0 aromatic heterocycles. The highest BCUT2D eigenvalue weighted by Gasteiger charge is 2.32. The van der Waals surface area contributed by atoms with Crippen LogP contribution >= 0.6 is 11.6 Å². The molecule has 2 aromatic carbocycles. The van der Waals surface area contributed by atoms with Crippen molar-refractivity contribution >= 4 is 33.4 Å². The minimum Gasteiger partial charge on any atom is -0.341 e. The summed E-state index contributed by atoms with van der Waals surface area (Å²) in [5, 5.41) is 3.04.